The smallest absolute Gasteiger partial charge is 0.0234 e. The fraction of sp³-hybridized carbons (Fsp3) is 0.647. The first kappa shape index (κ1) is 15.5. The van der Waals surface area contributed by atoms with E-state index in [1.165, 1.54) is 37.1 Å². The summed E-state index contributed by atoms with van der Waals surface area (Å²) in [5, 5.41) is 3.20. The third-order valence-corrected chi connectivity index (χ3v) is 4.30. The normalized spacial score (nSPS) is 20.5. The van der Waals surface area contributed by atoms with Gasteiger partial charge in [0.05, 0.1) is 0 Å². The van der Waals surface area contributed by atoms with Crippen LogP contribution in [-0.2, 0) is 13.0 Å². The minimum absolute atomic E-state index is 0.721. The molecule has 0 aromatic heterocycles. The van der Waals surface area contributed by atoms with Crippen molar-refractivity contribution in [3.8, 4) is 0 Å². The highest BCUT2D eigenvalue weighted by atomic mass is 15.2. The lowest BCUT2D eigenvalue weighted by Gasteiger charge is -2.36. The maximum Gasteiger partial charge on any atom is 0.0234 e. The van der Waals surface area contributed by atoms with Gasteiger partial charge in [-0.3, -0.25) is 4.90 Å². The van der Waals surface area contributed by atoms with Crippen molar-refractivity contribution in [2.75, 3.05) is 40.8 Å². The fourth-order valence-corrected chi connectivity index (χ4v) is 2.94. The van der Waals surface area contributed by atoms with Crippen LogP contribution in [0.3, 0.4) is 0 Å². The number of nitrogens with one attached hydrogen (secondary N) is 1. The molecule has 112 valence electrons. The van der Waals surface area contributed by atoms with Crippen molar-refractivity contribution in [3.63, 3.8) is 0 Å². The summed E-state index contributed by atoms with van der Waals surface area (Å²) in [6.45, 7) is 4.59. The molecule has 20 heavy (non-hydrogen) atoms. The number of hydrogen-bond acceptors (Lipinski definition) is 3. The minimum Gasteiger partial charge on any atom is -0.319 e. The Hall–Kier alpha value is -0.900. The number of likely N-dealkylation sites (tertiary alicyclic amines) is 1. The molecule has 3 heteroatoms. The third-order valence-electron chi connectivity index (χ3n) is 4.30. The molecular weight excluding hydrogens is 246 g/mol. The Balaban J connectivity index is 1.86. The zero-order valence-corrected chi connectivity index (χ0v) is 13.2. The zero-order chi connectivity index (χ0) is 14.4. The van der Waals surface area contributed by atoms with Crippen molar-refractivity contribution in [1.29, 1.82) is 0 Å². The van der Waals surface area contributed by atoms with E-state index in [2.05, 4.69) is 53.5 Å². The molecule has 0 saturated carbocycles. The molecule has 1 saturated heterocycles. The van der Waals surface area contributed by atoms with Crippen molar-refractivity contribution >= 4 is 0 Å². The van der Waals surface area contributed by atoms with Crippen molar-refractivity contribution in [2.45, 2.75) is 31.8 Å². The van der Waals surface area contributed by atoms with Crippen LogP contribution in [0.4, 0.5) is 0 Å². The summed E-state index contributed by atoms with van der Waals surface area (Å²) in [5.74, 6) is 0. The SMILES string of the molecule is CNCCc1ccc(CN2CCCC(N(C)C)C2)cc1. The van der Waals surface area contributed by atoms with Crippen LogP contribution in [0.5, 0.6) is 0 Å². The Morgan fingerprint density at radius 1 is 1.20 bits per heavy atom. The quantitative estimate of drug-likeness (QED) is 0.856. The summed E-state index contributed by atoms with van der Waals surface area (Å²) in [6, 6.07) is 9.87. The average Bonchev–Trinajstić information content (AvgIpc) is 2.47. The Morgan fingerprint density at radius 2 is 1.90 bits per heavy atom. The van der Waals surface area contributed by atoms with E-state index in [1.807, 2.05) is 7.05 Å². The van der Waals surface area contributed by atoms with Gasteiger partial charge in [-0.2, -0.15) is 0 Å². The highest BCUT2D eigenvalue weighted by Crippen LogP contribution is 2.16. The fourth-order valence-electron chi connectivity index (χ4n) is 2.94. The van der Waals surface area contributed by atoms with Gasteiger partial charge in [0.15, 0.2) is 0 Å². The number of nitrogens with zero attached hydrogens (tertiary/aromatic N) is 2. The van der Waals surface area contributed by atoms with Gasteiger partial charge in [-0.05, 0) is 64.6 Å². The molecule has 1 N–H and O–H groups in total. The van der Waals surface area contributed by atoms with E-state index in [4.69, 9.17) is 0 Å². The average molecular weight is 275 g/mol. The van der Waals surface area contributed by atoms with Crippen molar-refractivity contribution in [2.24, 2.45) is 0 Å². The van der Waals surface area contributed by atoms with Crippen molar-refractivity contribution < 1.29 is 0 Å². The van der Waals surface area contributed by atoms with E-state index >= 15 is 0 Å². The molecule has 1 unspecified atom stereocenters. The number of hydrogen-bond donors (Lipinski definition) is 1. The lowest BCUT2D eigenvalue weighted by atomic mass is 10.0. The molecule has 0 radical (unpaired) electrons. The van der Waals surface area contributed by atoms with Gasteiger partial charge in [-0.25, -0.2) is 0 Å². The van der Waals surface area contributed by atoms with Gasteiger partial charge in [0.2, 0.25) is 0 Å². The van der Waals surface area contributed by atoms with Gasteiger partial charge < -0.3 is 10.2 Å². The molecule has 0 spiro atoms. The summed E-state index contributed by atoms with van der Waals surface area (Å²) in [5.41, 5.74) is 2.87. The molecule has 1 aliphatic heterocycles. The molecule has 3 nitrogen and oxygen atoms in total. The molecular formula is C17H29N3. The first-order chi connectivity index (χ1) is 9.69. The van der Waals surface area contributed by atoms with Crippen LogP contribution in [-0.4, -0.2) is 56.6 Å². The van der Waals surface area contributed by atoms with Crippen LogP contribution in [0.1, 0.15) is 24.0 Å². The maximum absolute atomic E-state index is 3.20. The van der Waals surface area contributed by atoms with Crippen LogP contribution in [0.15, 0.2) is 24.3 Å². The monoisotopic (exact) mass is 275 g/mol. The zero-order valence-electron chi connectivity index (χ0n) is 13.2. The van der Waals surface area contributed by atoms with E-state index in [0.29, 0.717) is 0 Å². The molecule has 0 aliphatic carbocycles. The molecule has 1 aromatic rings. The van der Waals surface area contributed by atoms with Crippen LogP contribution >= 0.6 is 0 Å². The largest absolute Gasteiger partial charge is 0.319 e. The van der Waals surface area contributed by atoms with Gasteiger partial charge in [-0.15, -0.1) is 0 Å². The Kier molecular flexibility index (Phi) is 6.02. The molecule has 1 aliphatic rings. The predicted octanol–water partition coefficient (Wildman–Crippen LogP) is 1.97. The van der Waals surface area contributed by atoms with Crippen molar-refractivity contribution in [1.82, 2.24) is 15.1 Å². The Labute approximate surface area is 124 Å². The van der Waals surface area contributed by atoms with Crippen LogP contribution in [0.2, 0.25) is 0 Å². The van der Waals surface area contributed by atoms with Gasteiger partial charge in [0, 0.05) is 19.1 Å². The Bertz CT molecular complexity index is 386. The highest BCUT2D eigenvalue weighted by Gasteiger charge is 2.21. The molecule has 1 fully saturated rings. The summed E-state index contributed by atoms with van der Waals surface area (Å²) in [7, 11) is 6.40. The second-order valence-electron chi connectivity index (χ2n) is 6.16. The number of benzene rings is 1. The predicted molar refractivity (Wildman–Crippen MR) is 86.1 cm³/mol. The molecule has 0 bridgehead atoms. The first-order valence-electron chi connectivity index (χ1n) is 7.80. The van der Waals surface area contributed by atoms with E-state index in [1.54, 1.807) is 0 Å². The second-order valence-corrected chi connectivity index (χ2v) is 6.16. The second kappa shape index (κ2) is 7.77. The molecule has 0 amide bonds. The third kappa shape index (κ3) is 4.58. The number of likely N-dealkylation sites (N-methyl/N-ethyl adjacent to an activating group) is 2. The lowest BCUT2D eigenvalue weighted by molar-refractivity contribution is 0.128. The van der Waals surface area contributed by atoms with Gasteiger partial charge in [-0.1, -0.05) is 24.3 Å². The van der Waals surface area contributed by atoms with Crippen LogP contribution in [0, 0.1) is 0 Å². The van der Waals surface area contributed by atoms with E-state index < -0.39 is 0 Å². The highest BCUT2D eigenvalue weighted by molar-refractivity contribution is 5.22. The minimum atomic E-state index is 0.721. The lowest BCUT2D eigenvalue weighted by Crippen LogP contribution is -2.44. The van der Waals surface area contributed by atoms with Gasteiger partial charge in [0.1, 0.15) is 0 Å². The van der Waals surface area contributed by atoms with Gasteiger partial charge >= 0.3 is 0 Å². The van der Waals surface area contributed by atoms with Crippen LogP contribution < -0.4 is 5.32 Å². The molecule has 2 rings (SSSR count). The standard InChI is InChI=1S/C17H29N3/c1-18-11-10-15-6-8-16(9-7-15)13-20-12-4-5-17(14-20)19(2)3/h6-9,17-18H,4-5,10-14H2,1-3H3. The molecule has 1 heterocycles. The molecule has 1 atom stereocenters. The van der Waals surface area contributed by atoms with Crippen LogP contribution in [0.25, 0.3) is 0 Å². The van der Waals surface area contributed by atoms with E-state index in [0.717, 1.165) is 25.6 Å². The number of piperidine rings is 1. The summed E-state index contributed by atoms with van der Waals surface area (Å²) in [4.78, 5) is 4.96. The van der Waals surface area contributed by atoms with Gasteiger partial charge in [0.25, 0.3) is 0 Å². The summed E-state index contributed by atoms with van der Waals surface area (Å²) in [6.07, 6.45) is 3.78. The number of rotatable bonds is 6. The molecule has 1 aromatic carbocycles. The summed E-state index contributed by atoms with van der Waals surface area (Å²) < 4.78 is 0. The maximum atomic E-state index is 3.20. The first-order valence-corrected chi connectivity index (χ1v) is 7.80. The van der Waals surface area contributed by atoms with Crippen molar-refractivity contribution in [3.05, 3.63) is 35.4 Å². The van der Waals surface area contributed by atoms with E-state index in [9.17, 15) is 0 Å². The topological polar surface area (TPSA) is 18.5 Å². The van der Waals surface area contributed by atoms with E-state index in [-0.39, 0.29) is 0 Å². The Morgan fingerprint density at radius 3 is 2.55 bits per heavy atom. The summed E-state index contributed by atoms with van der Waals surface area (Å²) >= 11 is 0.